The standard InChI is InChI=1S/C70H107N9O13/c1-36-10-8-12-38(24-36)74-23-22-72-28-40(58(71)87)56(86)70(48-30-73-34-77-48)19-13-39(50-55(70)79-61(88)67(50)15-6-7-16-67)49-52(84)57(92-60-53(85)51(83)46(82)31-91-60)64(3,33-81)47-14-18-68-17-9-11-37(54(68)65(47,49)4)25-41-43-27-63(2,32-80)20-21-69(43,62(89)90)44-29-75-59-45(76-35-78-59)26-42(44)66(41,68)5/h13,19,25,30,34-40,42-44,46-47,49-58,60,72,74-75,80-87H,6-12,14-18,20-24,26-29,31-33,71H2,1-5H3,(H,73,77)(H,76,78)(H,79,88)(H,89,90)/t36-,37+,38+,39+,40-,42-,43-,44-,46+,47+,49+,50-,51-,52+,53+,54+,55-,56-,57+,58-,60-,63-,64-,65+,66-,68-,69+,70+/m0/s1. The molecular formula is C70H107N9O13. The van der Waals surface area contributed by atoms with E-state index >= 15 is 4.79 Å². The highest BCUT2D eigenvalue weighted by molar-refractivity contribution is 5.87. The maximum Gasteiger partial charge on any atom is 0.310 e. The number of anilines is 1. The van der Waals surface area contributed by atoms with Crippen LogP contribution in [0.25, 0.3) is 0 Å². The van der Waals surface area contributed by atoms with Gasteiger partial charge in [0, 0.05) is 68.0 Å². The molecule has 7 saturated carbocycles. The molecule has 12 aliphatic rings. The summed E-state index contributed by atoms with van der Waals surface area (Å²) in [5.74, 6) is -4.24. The number of nitrogens with zero attached hydrogens (tertiary/aromatic N) is 2. The van der Waals surface area contributed by atoms with Gasteiger partial charge in [0.2, 0.25) is 5.91 Å². The molecule has 2 aromatic heterocycles. The lowest BCUT2D eigenvalue weighted by atomic mass is 9.25. The molecule has 9 aliphatic carbocycles. The maximum absolute atomic E-state index is 15.8. The Bertz CT molecular complexity index is 3110. The third kappa shape index (κ3) is 9.22. The first-order valence-electron chi connectivity index (χ1n) is 35.4. The van der Waals surface area contributed by atoms with E-state index in [0.717, 1.165) is 56.5 Å². The van der Waals surface area contributed by atoms with E-state index in [4.69, 9.17) is 20.2 Å². The van der Waals surface area contributed by atoms with Crippen LogP contribution in [0.3, 0.4) is 0 Å². The van der Waals surface area contributed by atoms with Gasteiger partial charge in [-0.05, 0) is 152 Å². The third-order valence-electron chi connectivity index (χ3n) is 29.1. The Morgan fingerprint density at radius 1 is 0.891 bits per heavy atom. The van der Waals surface area contributed by atoms with Gasteiger partial charge < -0.3 is 92.4 Å². The summed E-state index contributed by atoms with van der Waals surface area (Å²) in [6, 6.07) is -0.427. The second-order valence-corrected chi connectivity index (χ2v) is 33.0. The van der Waals surface area contributed by atoms with Crippen molar-refractivity contribution in [1.82, 2.24) is 35.9 Å². The van der Waals surface area contributed by atoms with Crippen molar-refractivity contribution in [2.45, 2.75) is 210 Å². The molecule has 22 heteroatoms. The first-order chi connectivity index (χ1) is 44.0. The fourth-order valence-corrected chi connectivity index (χ4v) is 25.0. The summed E-state index contributed by atoms with van der Waals surface area (Å²) in [5, 5.41) is 124. The lowest BCUT2D eigenvalue weighted by Gasteiger charge is -2.78. The number of carbonyl (C=O) groups is 2. The van der Waals surface area contributed by atoms with Crippen molar-refractivity contribution in [3.8, 4) is 0 Å². The SMILES string of the molecule is C[C@H]1CCC[C@@H](NCCNC[C@H]([C@@H](N)O)[C@H](O)[C@@]2(c3cnc[nH]3)C=C[C@H]([C@@H]3[C@@H](O)[C@@H](O[C@@H]4OC[C@@H](O)[C@H](O)[C@H]4O)[C@@](C)(CO)[C@H]4CC[C@]56CCC[C@H](C=C7[C@@H]8C[C@@](C)(CO)CC[C@]8(C(=O)O)[C@H]8CNc9nc[nH]c9C[C@@H]8[C@]75C)[C@@H]6[C@@]34C)[C@H]3[C@@H]2NC(=O)C32CCCC2)C1. The average Bonchev–Trinajstić information content (AvgIpc) is 0.823. The van der Waals surface area contributed by atoms with E-state index in [1.54, 1.807) is 18.9 Å². The van der Waals surface area contributed by atoms with E-state index in [9.17, 15) is 50.8 Å². The van der Waals surface area contributed by atoms with E-state index in [1.807, 2.05) is 13.0 Å². The molecule has 0 radical (unpaired) electrons. The highest BCUT2D eigenvalue weighted by Crippen LogP contribution is 2.83. The van der Waals surface area contributed by atoms with Gasteiger partial charge in [-0.3, -0.25) is 9.59 Å². The second kappa shape index (κ2) is 23.7. The normalized spacial score (nSPS) is 48.4. The molecule has 1 amide bonds. The van der Waals surface area contributed by atoms with Crippen LogP contribution < -0.4 is 27.0 Å². The third-order valence-corrected chi connectivity index (χ3v) is 29.1. The first-order valence-corrected chi connectivity index (χ1v) is 35.4. The number of fused-ring (bicyclic) bond motifs is 10. The quantitative estimate of drug-likeness (QED) is 0.0494. The number of nitrogens with two attached hydrogens (primary N) is 1. The van der Waals surface area contributed by atoms with Crippen molar-refractivity contribution >= 4 is 17.7 Å². The van der Waals surface area contributed by atoms with Crippen molar-refractivity contribution in [3.63, 3.8) is 0 Å². The average molecular weight is 1280 g/mol. The number of ether oxygens (including phenoxy) is 2. The highest BCUT2D eigenvalue weighted by atomic mass is 16.7. The number of carbonyl (C=O) groups excluding carboxylic acids is 1. The highest BCUT2D eigenvalue weighted by Gasteiger charge is 2.81. The number of aromatic amines is 2. The van der Waals surface area contributed by atoms with Gasteiger partial charge >= 0.3 is 5.97 Å². The summed E-state index contributed by atoms with van der Waals surface area (Å²) in [5.41, 5.74) is 1.79. The molecule has 22 nitrogen and oxygen atoms in total. The number of amides is 1. The monoisotopic (exact) mass is 1280 g/mol. The van der Waals surface area contributed by atoms with E-state index in [0.29, 0.717) is 88.7 Å². The van der Waals surface area contributed by atoms with Crippen LogP contribution in [0, 0.1) is 103 Å². The van der Waals surface area contributed by atoms with Crippen LogP contribution >= 0.6 is 0 Å². The van der Waals surface area contributed by atoms with Crippen molar-refractivity contribution in [3.05, 3.63) is 54.0 Å². The van der Waals surface area contributed by atoms with Crippen LogP contribution in [0.1, 0.15) is 149 Å². The lowest BCUT2D eigenvalue weighted by molar-refractivity contribution is -0.350. The predicted molar refractivity (Wildman–Crippen MR) is 339 cm³/mol. The topological polar surface area (TPSA) is 366 Å². The molecule has 28 atom stereocenters. The molecule has 17 N–H and O–H groups in total. The maximum atomic E-state index is 15.8. The fraction of sp³-hybridized carbons (Fsp3) is 0.829. The van der Waals surface area contributed by atoms with Crippen molar-refractivity contribution in [2.75, 3.05) is 51.3 Å². The van der Waals surface area contributed by atoms with E-state index in [2.05, 4.69) is 76.1 Å². The van der Waals surface area contributed by atoms with Crippen LogP contribution in [0.2, 0.25) is 0 Å². The number of H-pyrrole nitrogens is 2. The molecule has 14 rings (SSSR count). The van der Waals surface area contributed by atoms with Crippen molar-refractivity contribution in [1.29, 1.82) is 0 Å². The molecule has 510 valence electrons. The van der Waals surface area contributed by atoms with Gasteiger partial charge in [0.15, 0.2) is 6.29 Å². The van der Waals surface area contributed by atoms with Gasteiger partial charge in [-0.1, -0.05) is 90.5 Å². The van der Waals surface area contributed by atoms with Gasteiger partial charge in [-0.25, -0.2) is 9.97 Å². The number of hydrogen-bond acceptors (Lipinski definition) is 18. The van der Waals surface area contributed by atoms with Gasteiger partial charge in [-0.15, -0.1) is 0 Å². The number of carboxylic acid groups (broad SMARTS) is 1. The molecule has 1 spiro atoms. The summed E-state index contributed by atoms with van der Waals surface area (Å²) in [4.78, 5) is 46.8. The van der Waals surface area contributed by atoms with E-state index in [1.165, 1.54) is 18.4 Å². The van der Waals surface area contributed by atoms with E-state index in [-0.39, 0.29) is 49.3 Å². The van der Waals surface area contributed by atoms with Gasteiger partial charge in [0.1, 0.15) is 30.4 Å². The number of allylic oxidation sites excluding steroid dienone is 3. The minimum Gasteiger partial charge on any atom is -0.481 e. The Kier molecular flexibility index (Phi) is 16.8. The Labute approximate surface area is 540 Å². The molecular weight excluding hydrogens is 1170 g/mol. The number of hydrogen-bond donors (Lipinski definition) is 16. The molecule has 2 bridgehead atoms. The van der Waals surface area contributed by atoms with E-state index < -0.39 is 147 Å². The Morgan fingerprint density at radius 2 is 1.68 bits per heavy atom. The lowest BCUT2D eigenvalue weighted by Crippen LogP contribution is -2.77. The number of aromatic nitrogens is 4. The van der Waals surface area contributed by atoms with Gasteiger partial charge in [0.05, 0.1) is 72.2 Å². The van der Waals surface area contributed by atoms with Crippen LogP contribution in [0.15, 0.2) is 42.7 Å². The number of aliphatic carboxylic acids is 1. The minimum absolute atomic E-state index is 0.0670. The minimum atomic E-state index is -1.71. The van der Waals surface area contributed by atoms with Gasteiger partial charge in [-0.2, -0.15) is 0 Å². The molecule has 2 aromatic rings. The summed E-state index contributed by atoms with van der Waals surface area (Å²) in [6.45, 7) is 12.1. The predicted octanol–water partition coefficient (Wildman–Crippen LogP) is 3.61. The second-order valence-electron chi connectivity index (χ2n) is 33.0. The smallest absolute Gasteiger partial charge is 0.310 e. The van der Waals surface area contributed by atoms with Crippen LogP contribution in [0.5, 0.6) is 0 Å². The zero-order valence-corrected chi connectivity index (χ0v) is 54.7. The zero-order valence-electron chi connectivity index (χ0n) is 54.7. The van der Waals surface area contributed by atoms with Crippen molar-refractivity contribution in [2.24, 2.45) is 109 Å². The molecule has 5 heterocycles. The van der Waals surface area contributed by atoms with Gasteiger partial charge in [0.25, 0.3) is 0 Å². The van der Waals surface area contributed by atoms with Crippen LogP contribution in [-0.4, -0.2) is 185 Å². The summed E-state index contributed by atoms with van der Waals surface area (Å²) in [7, 11) is 0. The van der Waals surface area contributed by atoms with Crippen molar-refractivity contribution < 1.29 is 65.0 Å². The number of aliphatic hydroxyl groups is 8. The number of imidazole rings is 2. The molecule has 9 fully saturated rings. The number of aliphatic hydroxyl groups excluding tert-OH is 8. The molecule has 92 heavy (non-hydrogen) atoms. The molecule has 3 aliphatic heterocycles. The largest absolute Gasteiger partial charge is 0.481 e. The van der Waals surface area contributed by atoms with Crippen LogP contribution in [0.4, 0.5) is 5.82 Å². The molecule has 0 unspecified atom stereocenters. The molecule has 0 aromatic carbocycles. The van der Waals surface area contributed by atoms with Crippen LogP contribution in [-0.2, 0) is 30.9 Å². The Balaban J connectivity index is 0.951. The number of nitrogens with one attached hydrogen (secondary N) is 6. The summed E-state index contributed by atoms with van der Waals surface area (Å²) >= 11 is 0. The molecule has 2 saturated heterocycles. The Hall–Kier alpha value is -3.88. The first kappa shape index (κ1) is 65.4. The fourth-order valence-electron chi connectivity index (χ4n) is 25.0. The summed E-state index contributed by atoms with van der Waals surface area (Å²) in [6.07, 6.45) is 12.9. The number of rotatable bonds is 16. The Morgan fingerprint density at radius 3 is 2.40 bits per heavy atom. The zero-order chi connectivity index (χ0) is 64.9. The summed E-state index contributed by atoms with van der Waals surface area (Å²) < 4.78 is 13.1. The number of carboxylic acids is 1.